The molecule has 0 fully saturated rings. The third kappa shape index (κ3) is 6.59. The Hall–Kier alpha value is -3.13. The molecule has 0 heterocycles. The molecule has 2 aromatic carbocycles. The maximum atomic E-state index is 12.3. The fraction of sp³-hybridized carbons (Fsp3) is 0.318. The zero-order valence-corrected chi connectivity index (χ0v) is 15.8. The summed E-state index contributed by atoms with van der Waals surface area (Å²) in [6.45, 7) is 2.60. The number of hydrogen-bond acceptors (Lipinski definition) is 3. The maximum absolute atomic E-state index is 12.3. The van der Waals surface area contributed by atoms with Crippen LogP contribution in [0.2, 0.25) is 0 Å². The zero-order valence-electron chi connectivity index (χ0n) is 15.8. The third-order valence-electron chi connectivity index (χ3n) is 4.15. The molecule has 0 aliphatic carbocycles. The minimum Gasteiger partial charge on any atom is -0.493 e. The molecule has 5 nitrogen and oxygen atoms in total. The van der Waals surface area contributed by atoms with Crippen molar-refractivity contribution in [3.05, 3.63) is 59.7 Å². The maximum Gasteiger partial charge on any atom is 0.315 e. The second kappa shape index (κ2) is 10.8. The van der Waals surface area contributed by atoms with E-state index in [-0.39, 0.29) is 18.7 Å². The quantitative estimate of drug-likeness (QED) is 0.668. The minimum atomic E-state index is -0.195. The summed E-state index contributed by atoms with van der Waals surface area (Å²) in [6, 6.07) is 15.5. The lowest BCUT2D eigenvalue weighted by molar-refractivity contribution is 0.236. The van der Waals surface area contributed by atoms with Crippen LogP contribution >= 0.6 is 0 Å². The molecule has 0 aliphatic heterocycles. The molecular formula is C22H26N2O3. The summed E-state index contributed by atoms with van der Waals surface area (Å²) in [7, 11) is 1.57. The van der Waals surface area contributed by atoms with Crippen molar-refractivity contribution in [2.45, 2.75) is 32.4 Å². The highest BCUT2D eigenvalue weighted by Gasteiger charge is 2.11. The number of carbonyl (C=O) groups excluding carboxylic acids is 1. The Kier molecular flexibility index (Phi) is 8.05. The Bertz CT molecular complexity index is 769. The van der Waals surface area contributed by atoms with Crippen LogP contribution in [0.4, 0.5) is 4.79 Å². The van der Waals surface area contributed by atoms with Gasteiger partial charge in [-0.05, 0) is 36.1 Å². The molecule has 2 rings (SSSR count). The summed E-state index contributed by atoms with van der Waals surface area (Å²) in [5, 5.41) is 5.91. The second-order valence-electron chi connectivity index (χ2n) is 6.10. The Balaban J connectivity index is 1.89. The van der Waals surface area contributed by atoms with Gasteiger partial charge in [0.2, 0.25) is 0 Å². The van der Waals surface area contributed by atoms with Crippen LogP contribution in [0.5, 0.6) is 11.5 Å². The summed E-state index contributed by atoms with van der Waals surface area (Å²) < 4.78 is 10.7. The smallest absolute Gasteiger partial charge is 0.315 e. The van der Waals surface area contributed by atoms with Gasteiger partial charge in [0.25, 0.3) is 0 Å². The molecule has 0 spiro atoms. The summed E-state index contributed by atoms with van der Waals surface area (Å²) in [4.78, 5) is 12.3. The lowest BCUT2D eigenvalue weighted by Crippen LogP contribution is -2.42. The van der Waals surface area contributed by atoms with Crippen molar-refractivity contribution in [3.63, 3.8) is 0 Å². The largest absolute Gasteiger partial charge is 0.493 e. The van der Waals surface area contributed by atoms with Crippen molar-refractivity contribution < 1.29 is 14.3 Å². The lowest BCUT2D eigenvalue weighted by Gasteiger charge is -2.18. The Morgan fingerprint density at radius 3 is 2.59 bits per heavy atom. The average molecular weight is 366 g/mol. The van der Waals surface area contributed by atoms with E-state index >= 15 is 0 Å². The molecule has 2 amide bonds. The van der Waals surface area contributed by atoms with Crippen molar-refractivity contribution in [1.29, 1.82) is 0 Å². The summed E-state index contributed by atoms with van der Waals surface area (Å²) in [5.74, 6) is 3.59. The van der Waals surface area contributed by atoms with E-state index in [4.69, 9.17) is 15.9 Å². The highest BCUT2D eigenvalue weighted by molar-refractivity contribution is 5.74. The van der Waals surface area contributed by atoms with Crippen LogP contribution in [-0.4, -0.2) is 25.8 Å². The van der Waals surface area contributed by atoms with Gasteiger partial charge in [0.1, 0.15) is 6.61 Å². The van der Waals surface area contributed by atoms with Gasteiger partial charge < -0.3 is 20.1 Å². The number of urea groups is 1. The molecule has 2 N–H and O–H groups in total. The van der Waals surface area contributed by atoms with E-state index in [1.165, 1.54) is 5.56 Å². The van der Waals surface area contributed by atoms with Crippen molar-refractivity contribution in [3.8, 4) is 23.8 Å². The first-order valence-electron chi connectivity index (χ1n) is 8.97. The molecule has 1 atom stereocenters. The number of methoxy groups -OCH3 is 1. The van der Waals surface area contributed by atoms with E-state index in [0.29, 0.717) is 18.0 Å². The van der Waals surface area contributed by atoms with Crippen LogP contribution in [0.15, 0.2) is 48.5 Å². The van der Waals surface area contributed by atoms with Gasteiger partial charge in [0.05, 0.1) is 7.11 Å². The van der Waals surface area contributed by atoms with Gasteiger partial charge >= 0.3 is 6.03 Å². The topological polar surface area (TPSA) is 59.6 Å². The van der Waals surface area contributed by atoms with Gasteiger partial charge in [-0.25, -0.2) is 4.79 Å². The number of ether oxygens (including phenoxy) is 2. The van der Waals surface area contributed by atoms with E-state index < -0.39 is 0 Å². The molecule has 2 aromatic rings. The number of benzene rings is 2. The van der Waals surface area contributed by atoms with E-state index in [9.17, 15) is 4.79 Å². The fourth-order valence-electron chi connectivity index (χ4n) is 2.68. The van der Waals surface area contributed by atoms with Crippen LogP contribution in [-0.2, 0) is 13.0 Å². The molecule has 0 aromatic heterocycles. The van der Waals surface area contributed by atoms with E-state index in [1.807, 2.05) is 30.3 Å². The standard InChI is InChI=1S/C22H26N2O3/c1-4-13-27-21-15-18(11-12-20(21)26-3)16-23-22(25)24-19(5-2)14-17-9-7-6-8-10-17/h1,6-12,15,19H,5,13-14,16H2,2-3H3,(H2,23,24,25). The molecule has 1 unspecified atom stereocenters. The van der Waals surface area contributed by atoms with E-state index in [1.54, 1.807) is 13.2 Å². The van der Waals surface area contributed by atoms with Gasteiger partial charge in [-0.3, -0.25) is 0 Å². The molecule has 0 radical (unpaired) electrons. The molecule has 0 saturated heterocycles. The van der Waals surface area contributed by atoms with Gasteiger partial charge in [-0.1, -0.05) is 49.2 Å². The molecule has 5 heteroatoms. The highest BCUT2D eigenvalue weighted by Crippen LogP contribution is 2.27. The first kappa shape index (κ1) is 20.2. The zero-order chi connectivity index (χ0) is 19.5. The molecular weight excluding hydrogens is 340 g/mol. The predicted molar refractivity (Wildman–Crippen MR) is 107 cm³/mol. The van der Waals surface area contributed by atoms with Crippen molar-refractivity contribution in [2.75, 3.05) is 13.7 Å². The summed E-state index contributed by atoms with van der Waals surface area (Å²) in [5.41, 5.74) is 2.10. The van der Waals surface area contributed by atoms with Gasteiger partial charge in [0, 0.05) is 12.6 Å². The number of terminal acetylenes is 1. The fourth-order valence-corrected chi connectivity index (χ4v) is 2.68. The molecule has 142 valence electrons. The third-order valence-corrected chi connectivity index (χ3v) is 4.15. The molecule has 0 bridgehead atoms. The van der Waals surface area contributed by atoms with Crippen LogP contribution in [0.25, 0.3) is 0 Å². The van der Waals surface area contributed by atoms with Crippen LogP contribution in [0.3, 0.4) is 0 Å². The number of carbonyl (C=O) groups is 1. The molecule has 27 heavy (non-hydrogen) atoms. The average Bonchev–Trinajstić information content (AvgIpc) is 2.71. The Labute approximate surface area is 161 Å². The van der Waals surface area contributed by atoms with Crippen molar-refractivity contribution in [1.82, 2.24) is 10.6 Å². The van der Waals surface area contributed by atoms with E-state index in [2.05, 4.69) is 35.6 Å². The van der Waals surface area contributed by atoms with Crippen LogP contribution in [0, 0.1) is 12.3 Å². The summed E-state index contributed by atoms with van der Waals surface area (Å²) >= 11 is 0. The van der Waals surface area contributed by atoms with Crippen molar-refractivity contribution >= 4 is 6.03 Å². The van der Waals surface area contributed by atoms with Gasteiger partial charge in [-0.15, -0.1) is 6.42 Å². The molecule has 0 aliphatic rings. The predicted octanol–water partition coefficient (Wildman–Crippen LogP) is 3.53. The van der Waals surface area contributed by atoms with Crippen LogP contribution < -0.4 is 20.1 Å². The highest BCUT2D eigenvalue weighted by atomic mass is 16.5. The first-order chi connectivity index (χ1) is 13.2. The van der Waals surface area contributed by atoms with Gasteiger partial charge in [-0.2, -0.15) is 0 Å². The first-order valence-corrected chi connectivity index (χ1v) is 8.97. The Morgan fingerprint density at radius 2 is 1.93 bits per heavy atom. The second-order valence-corrected chi connectivity index (χ2v) is 6.10. The number of nitrogens with one attached hydrogen (secondary N) is 2. The van der Waals surface area contributed by atoms with E-state index in [0.717, 1.165) is 18.4 Å². The minimum absolute atomic E-state index is 0.0813. The normalized spacial score (nSPS) is 11.1. The number of amides is 2. The monoisotopic (exact) mass is 366 g/mol. The SMILES string of the molecule is C#CCOc1cc(CNC(=O)NC(CC)Cc2ccccc2)ccc1OC. The summed E-state index contributed by atoms with van der Waals surface area (Å²) in [6.07, 6.45) is 6.90. The molecule has 0 saturated carbocycles. The van der Waals surface area contributed by atoms with Crippen molar-refractivity contribution in [2.24, 2.45) is 0 Å². The lowest BCUT2D eigenvalue weighted by atomic mass is 10.0. The number of hydrogen-bond donors (Lipinski definition) is 2. The number of rotatable bonds is 9. The van der Waals surface area contributed by atoms with Gasteiger partial charge in [0.15, 0.2) is 11.5 Å². The Morgan fingerprint density at radius 1 is 1.15 bits per heavy atom. The van der Waals surface area contributed by atoms with Crippen LogP contribution in [0.1, 0.15) is 24.5 Å².